The first-order valence-corrected chi connectivity index (χ1v) is 8.62. The number of rotatable bonds is 5. The van der Waals surface area contributed by atoms with Gasteiger partial charge in [0, 0.05) is 24.8 Å². The second-order valence-electron chi connectivity index (χ2n) is 6.80. The van der Waals surface area contributed by atoms with Crippen LogP contribution < -0.4 is 16.4 Å². The monoisotopic (exact) mass is 368 g/mol. The number of anilines is 1. The van der Waals surface area contributed by atoms with E-state index in [2.05, 4.69) is 24.5 Å². The van der Waals surface area contributed by atoms with E-state index >= 15 is 0 Å². The highest BCUT2D eigenvalue weighted by Crippen LogP contribution is 2.14. The van der Waals surface area contributed by atoms with Crippen LogP contribution in [-0.4, -0.2) is 42.0 Å². The van der Waals surface area contributed by atoms with Gasteiger partial charge in [0.1, 0.15) is 0 Å². The van der Waals surface area contributed by atoms with Gasteiger partial charge in [-0.2, -0.15) is 0 Å². The normalized spacial score (nSPS) is 16.1. The van der Waals surface area contributed by atoms with Gasteiger partial charge >= 0.3 is 6.03 Å². The Labute approximate surface area is 155 Å². The van der Waals surface area contributed by atoms with Crippen molar-refractivity contribution in [2.45, 2.75) is 45.2 Å². The summed E-state index contributed by atoms with van der Waals surface area (Å²) in [5, 5.41) is 5.78. The Balaban J connectivity index is 0.00000312. The first-order valence-electron chi connectivity index (χ1n) is 8.62. The fourth-order valence-electron chi connectivity index (χ4n) is 2.96. The fraction of sp³-hybridized carbons (Fsp3) is 0.556. The average molecular weight is 369 g/mol. The first-order chi connectivity index (χ1) is 11.5. The van der Waals surface area contributed by atoms with E-state index in [1.54, 1.807) is 0 Å². The molecule has 6 nitrogen and oxygen atoms in total. The number of likely N-dealkylation sites (tertiary alicyclic amines) is 1. The zero-order valence-electron chi connectivity index (χ0n) is 14.9. The van der Waals surface area contributed by atoms with Gasteiger partial charge < -0.3 is 21.3 Å². The van der Waals surface area contributed by atoms with Gasteiger partial charge in [0.05, 0.1) is 6.04 Å². The van der Waals surface area contributed by atoms with Crippen molar-refractivity contribution < 1.29 is 9.59 Å². The Bertz CT molecular complexity index is 545. The summed E-state index contributed by atoms with van der Waals surface area (Å²) in [6.45, 7) is 5.41. The zero-order valence-corrected chi connectivity index (χ0v) is 15.7. The van der Waals surface area contributed by atoms with Gasteiger partial charge in [0.2, 0.25) is 5.91 Å². The van der Waals surface area contributed by atoms with E-state index in [-0.39, 0.29) is 30.4 Å². The molecule has 1 aromatic carbocycles. The molecular formula is C18H29ClN4O2. The third-order valence-corrected chi connectivity index (χ3v) is 4.22. The van der Waals surface area contributed by atoms with E-state index in [4.69, 9.17) is 5.73 Å². The third kappa shape index (κ3) is 6.92. The van der Waals surface area contributed by atoms with Crippen LogP contribution in [0.1, 0.15) is 33.1 Å². The molecule has 1 heterocycles. The summed E-state index contributed by atoms with van der Waals surface area (Å²) in [5.74, 6) is 0.431. The summed E-state index contributed by atoms with van der Waals surface area (Å²) in [6.07, 6.45) is 2.21. The number of piperidine rings is 1. The number of para-hydroxylation sites is 1. The lowest BCUT2D eigenvalue weighted by Crippen LogP contribution is -2.51. The Morgan fingerprint density at radius 1 is 1.20 bits per heavy atom. The largest absolute Gasteiger partial charge is 0.341 e. The molecule has 7 heteroatoms. The van der Waals surface area contributed by atoms with E-state index in [9.17, 15) is 9.59 Å². The molecule has 1 saturated heterocycles. The van der Waals surface area contributed by atoms with Crippen LogP contribution >= 0.6 is 12.4 Å². The average Bonchev–Trinajstić information content (AvgIpc) is 2.55. The van der Waals surface area contributed by atoms with Crippen LogP contribution in [0.15, 0.2) is 30.3 Å². The molecule has 1 aliphatic heterocycles. The van der Waals surface area contributed by atoms with Crippen LogP contribution in [0.2, 0.25) is 0 Å². The maximum absolute atomic E-state index is 12.3. The molecule has 0 aliphatic carbocycles. The standard InChI is InChI=1S/C18H28N4O2.ClH/c1-13(2)12-16(19)17(23)22-10-8-15(9-11-22)21-18(24)20-14-6-4-3-5-7-14;/h3-7,13,15-16H,8-12,19H2,1-2H3,(H2,20,21,24);1H/t16-;/m0./s1. The van der Waals surface area contributed by atoms with E-state index < -0.39 is 6.04 Å². The second-order valence-corrected chi connectivity index (χ2v) is 6.80. The first kappa shape index (κ1) is 21.3. The molecule has 140 valence electrons. The van der Waals surface area contributed by atoms with Gasteiger partial charge in [-0.05, 0) is 37.3 Å². The van der Waals surface area contributed by atoms with Gasteiger partial charge in [-0.15, -0.1) is 12.4 Å². The Morgan fingerprint density at radius 2 is 1.80 bits per heavy atom. The molecule has 0 aromatic heterocycles. The van der Waals surface area contributed by atoms with Crippen LogP contribution in [0, 0.1) is 5.92 Å². The Kier molecular flexibility index (Phi) is 8.72. The second kappa shape index (κ2) is 10.3. The van der Waals surface area contributed by atoms with E-state index in [0.717, 1.165) is 18.5 Å². The maximum Gasteiger partial charge on any atom is 0.319 e. The Hall–Kier alpha value is -1.79. The van der Waals surface area contributed by atoms with Gasteiger partial charge in [-0.25, -0.2) is 4.79 Å². The molecule has 4 N–H and O–H groups in total. The molecule has 3 amide bonds. The number of carbonyl (C=O) groups is 2. The molecule has 0 radical (unpaired) electrons. The lowest BCUT2D eigenvalue weighted by atomic mass is 10.0. The summed E-state index contributed by atoms with van der Waals surface area (Å²) in [5.41, 5.74) is 6.75. The number of nitrogens with zero attached hydrogens (tertiary/aromatic N) is 1. The van der Waals surface area contributed by atoms with Crippen molar-refractivity contribution >= 4 is 30.0 Å². The summed E-state index contributed by atoms with van der Waals surface area (Å²) in [4.78, 5) is 26.1. The molecular weight excluding hydrogens is 340 g/mol. The van der Waals surface area contributed by atoms with Crippen LogP contribution in [-0.2, 0) is 4.79 Å². The van der Waals surface area contributed by atoms with Crippen molar-refractivity contribution in [3.63, 3.8) is 0 Å². The van der Waals surface area contributed by atoms with Gasteiger partial charge in [0.25, 0.3) is 0 Å². The predicted octanol–water partition coefficient (Wildman–Crippen LogP) is 2.59. The summed E-state index contributed by atoms with van der Waals surface area (Å²) in [6, 6.07) is 8.80. The molecule has 1 atom stereocenters. The van der Waals surface area contributed by atoms with Crippen molar-refractivity contribution in [2.24, 2.45) is 11.7 Å². The van der Waals surface area contributed by atoms with Crippen molar-refractivity contribution in [3.8, 4) is 0 Å². The number of amides is 3. The number of carbonyl (C=O) groups excluding carboxylic acids is 2. The van der Waals surface area contributed by atoms with Crippen LogP contribution in [0.5, 0.6) is 0 Å². The topological polar surface area (TPSA) is 87.5 Å². The molecule has 25 heavy (non-hydrogen) atoms. The number of nitrogens with two attached hydrogens (primary N) is 1. The van der Waals surface area contributed by atoms with Crippen molar-refractivity contribution in [1.29, 1.82) is 0 Å². The van der Waals surface area contributed by atoms with E-state index in [1.807, 2.05) is 35.2 Å². The molecule has 0 unspecified atom stereocenters. The highest BCUT2D eigenvalue weighted by atomic mass is 35.5. The minimum absolute atomic E-state index is 0. The zero-order chi connectivity index (χ0) is 17.5. The van der Waals surface area contributed by atoms with Crippen molar-refractivity contribution in [2.75, 3.05) is 18.4 Å². The van der Waals surface area contributed by atoms with E-state index in [1.165, 1.54) is 0 Å². The smallest absolute Gasteiger partial charge is 0.319 e. The number of benzene rings is 1. The highest BCUT2D eigenvalue weighted by Gasteiger charge is 2.27. The van der Waals surface area contributed by atoms with Crippen molar-refractivity contribution in [3.05, 3.63) is 30.3 Å². The Morgan fingerprint density at radius 3 is 2.36 bits per heavy atom. The molecule has 2 rings (SSSR count). The highest BCUT2D eigenvalue weighted by molar-refractivity contribution is 5.89. The molecule has 1 aromatic rings. The van der Waals surface area contributed by atoms with Gasteiger partial charge in [0.15, 0.2) is 0 Å². The minimum atomic E-state index is -0.420. The minimum Gasteiger partial charge on any atom is -0.341 e. The lowest BCUT2D eigenvalue weighted by molar-refractivity contribution is -0.134. The van der Waals surface area contributed by atoms with Crippen LogP contribution in [0.3, 0.4) is 0 Å². The number of hydrogen-bond acceptors (Lipinski definition) is 3. The molecule has 0 spiro atoms. The molecule has 0 saturated carbocycles. The number of urea groups is 1. The van der Waals surface area contributed by atoms with E-state index in [0.29, 0.717) is 25.4 Å². The number of hydrogen-bond donors (Lipinski definition) is 3. The van der Waals surface area contributed by atoms with Crippen LogP contribution in [0.25, 0.3) is 0 Å². The number of halogens is 1. The summed E-state index contributed by atoms with van der Waals surface area (Å²) >= 11 is 0. The fourth-order valence-corrected chi connectivity index (χ4v) is 2.96. The molecule has 1 aliphatic rings. The third-order valence-electron chi connectivity index (χ3n) is 4.22. The quantitative estimate of drug-likeness (QED) is 0.746. The summed E-state index contributed by atoms with van der Waals surface area (Å²) in [7, 11) is 0. The van der Waals surface area contributed by atoms with Gasteiger partial charge in [-0.1, -0.05) is 32.0 Å². The predicted molar refractivity (Wildman–Crippen MR) is 103 cm³/mol. The molecule has 1 fully saturated rings. The van der Waals surface area contributed by atoms with Crippen molar-refractivity contribution in [1.82, 2.24) is 10.2 Å². The maximum atomic E-state index is 12.3. The van der Waals surface area contributed by atoms with Gasteiger partial charge in [-0.3, -0.25) is 4.79 Å². The molecule has 0 bridgehead atoms. The van der Waals surface area contributed by atoms with Crippen LogP contribution in [0.4, 0.5) is 10.5 Å². The lowest BCUT2D eigenvalue weighted by Gasteiger charge is -2.34. The number of nitrogens with one attached hydrogen (secondary N) is 2. The SMILES string of the molecule is CC(C)C[C@H](N)C(=O)N1CCC(NC(=O)Nc2ccccc2)CC1.Cl. The summed E-state index contributed by atoms with van der Waals surface area (Å²) < 4.78 is 0.